The highest BCUT2D eigenvalue weighted by Crippen LogP contribution is 2.31. The number of nitrogens with one attached hydrogen (secondary N) is 1. The molecule has 7 heteroatoms. The largest absolute Gasteiger partial charge is 0.347 e. The molecule has 2 saturated heterocycles. The molecular weight excluding hydrogens is 296 g/mol. The van der Waals surface area contributed by atoms with Crippen LogP contribution in [0.1, 0.15) is 25.7 Å². The number of carbonyl (C=O) groups is 3. The van der Waals surface area contributed by atoms with E-state index >= 15 is 0 Å². The summed E-state index contributed by atoms with van der Waals surface area (Å²) in [7, 11) is 5.83. The Hall–Kier alpha value is -1.63. The lowest BCUT2D eigenvalue weighted by molar-refractivity contribution is -0.131. The van der Waals surface area contributed by atoms with E-state index in [2.05, 4.69) is 10.2 Å². The van der Waals surface area contributed by atoms with Gasteiger partial charge in [0.05, 0.1) is 12.6 Å². The van der Waals surface area contributed by atoms with Crippen LogP contribution in [0.15, 0.2) is 0 Å². The van der Waals surface area contributed by atoms with Crippen molar-refractivity contribution in [3.63, 3.8) is 0 Å². The normalized spacial score (nSPS) is 33.0. The van der Waals surface area contributed by atoms with Gasteiger partial charge in [-0.2, -0.15) is 0 Å². The van der Waals surface area contributed by atoms with E-state index in [4.69, 9.17) is 0 Å². The van der Waals surface area contributed by atoms with Gasteiger partial charge in [0.2, 0.25) is 5.91 Å². The molecule has 2 atom stereocenters. The molecule has 0 radical (unpaired) electrons. The summed E-state index contributed by atoms with van der Waals surface area (Å²) in [6.07, 6.45) is 3.27. The molecule has 0 spiro atoms. The summed E-state index contributed by atoms with van der Waals surface area (Å²) in [6, 6.07) is 0.207. The van der Waals surface area contributed by atoms with Crippen molar-refractivity contribution in [1.29, 1.82) is 0 Å². The maximum atomic E-state index is 12.4. The average Bonchev–Trinajstić information content (AvgIpc) is 2.68. The first-order chi connectivity index (χ1) is 10.9. The number of hydrogen-bond donors (Lipinski definition) is 1. The van der Waals surface area contributed by atoms with Crippen LogP contribution < -0.4 is 5.32 Å². The molecule has 2 bridgehead atoms. The van der Waals surface area contributed by atoms with Crippen LogP contribution >= 0.6 is 0 Å². The molecule has 0 unspecified atom stereocenters. The summed E-state index contributed by atoms with van der Waals surface area (Å²) in [5, 5.41) is 2.75. The maximum Gasteiger partial charge on any atom is 0.320 e. The lowest BCUT2D eigenvalue weighted by atomic mass is 9.77. The quantitative estimate of drug-likeness (QED) is 0.768. The molecule has 0 aromatic carbocycles. The van der Waals surface area contributed by atoms with E-state index in [1.165, 1.54) is 0 Å². The molecule has 1 saturated carbocycles. The molecule has 7 nitrogen and oxygen atoms in total. The van der Waals surface area contributed by atoms with Crippen molar-refractivity contribution in [3.05, 3.63) is 0 Å². The van der Waals surface area contributed by atoms with Gasteiger partial charge in [-0.05, 0) is 39.8 Å². The maximum absolute atomic E-state index is 12.4. The zero-order valence-electron chi connectivity index (χ0n) is 14.1. The van der Waals surface area contributed by atoms with Gasteiger partial charge in [-0.25, -0.2) is 4.79 Å². The number of amides is 3. The predicted octanol–water partition coefficient (Wildman–Crippen LogP) is -0.0897. The third kappa shape index (κ3) is 2.94. The number of likely N-dealkylation sites (N-methyl/N-ethyl adjacent to an activating group) is 1. The predicted molar refractivity (Wildman–Crippen MR) is 84.9 cm³/mol. The Morgan fingerprint density at radius 1 is 1.26 bits per heavy atom. The Bertz CT molecular complexity index is 515. The summed E-state index contributed by atoms with van der Waals surface area (Å²) < 4.78 is 0. The monoisotopic (exact) mass is 322 g/mol. The van der Waals surface area contributed by atoms with Crippen LogP contribution in [0.5, 0.6) is 0 Å². The van der Waals surface area contributed by atoms with Gasteiger partial charge in [0.15, 0.2) is 5.78 Å². The summed E-state index contributed by atoms with van der Waals surface area (Å²) >= 11 is 0. The van der Waals surface area contributed by atoms with Crippen LogP contribution in [0.2, 0.25) is 0 Å². The highest BCUT2D eigenvalue weighted by atomic mass is 16.2. The Kier molecular flexibility index (Phi) is 4.31. The van der Waals surface area contributed by atoms with Crippen LogP contribution in [-0.4, -0.2) is 84.8 Å². The van der Waals surface area contributed by atoms with E-state index in [-0.39, 0.29) is 36.2 Å². The SMILES string of the molecule is CN(C)C1CC(C(=O)CNC(=O)[C@@H]2CC[C@@H]3CN2C(=O)N3C)C1. The molecule has 1 aliphatic carbocycles. The zero-order chi connectivity index (χ0) is 16.7. The van der Waals surface area contributed by atoms with E-state index in [0.29, 0.717) is 19.0 Å². The smallest absolute Gasteiger partial charge is 0.320 e. The number of hydrogen-bond acceptors (Lipinski definition) is 4. The molecule has 3 amide bonds. The lowest BCUT2D eigenvalue weighted by Crippen LogP contribution is -2.52. The van der Waals surface area contributed by atoms with Gasteiger partial charge in [0.1, 0.15) is 6.04 Å². The fraction of sp³-hybridized carbons (Fsp3) is 0.812. The molecule has 2 heterocycles. The second-order valence-corrected chi connectivity index (χ2v) is 7.26. The van der Waals surface area contributed by atoms with Crippen molar-refractivity contribution in [2.75, 3.05) is 34.2 Å². The van der Waals surface area contributed by atoms with Gasteiger partial charge < -0.3 is 20.0 Å². The van der Waals surface area contributed by atoms with Crippen LogP contribution in [0.4, 0.5) is 4.79 Å². The molecular formula is C16H26N4O3. The number of ketones is 1. The zero-order valence-corrected chi connectivity index (χ0v) is 14.1. The molecule has 2 aliphatic heterocycles. The van der Waals surface area contributed by atoms with Gasteiger partial charge in [-0.15, -0.1) is 0 Å². The number of Topliss-reactive ketones (excluding diaryl/α,β-unsaturated/α-hetero) is 1. The second-order valence-electron chi connectivity index (χ2n) is 7.26. The van der Waals surface area contributed by atoms with E-state index in [1.54, 1.807) is 16.8 Å². The fourth-order valence-electron chi connectivity index (χ4n) is 3.82. The Labute approximate surface area is 137 Å². The van der Waals surface area contributed by atoms with E-state index in [1.807, 2.05) is 14.1 Å². The van der Waals surface area contributed by atoms with Crippen LogP contribution in [0, 0.1) is 5.92 Å². The first-order valence-corrected chi connectivity index (χ1v) is 8.38. The topological polar surface area (TPSA) is 73.0 Å². The number of urea groups is 1. The third-order valence-electron chi connectivity index (χ3n) is 5.69. The number of nitrogens with zero attached hydrogens (tertiary/aromatic N) is 3. The van der Waals surface area contributed by atoms with Crippen molar-refractivity contribution in [2.24, 2.45) is 5.92 Å². The molecule has 128 valence electrons. The van der Waals surface area contributed by atoms with Crippen LogP contribution in [0.3, 0.4) is 0 Å². The molecule has 23 heavy (non-hydrogen) atoms. The van der Waals surface area contributed by atoms with E-state index < -0.39 is 6.04 Å². The van der Waals surface area contributed by atoms with Gasteiger partial charge in [0.25, 0.3) is 0 Å². The van der Waals surface area contributed by atoms with Crippen LogP contribution in [-0.2, 0) is 9.59 Å². The van der Waals surface area contributed by atoms with E-state index in [9.17, 15) is 14.4 Å². The minimum Gasteiger partial charge on any atom is -0.347 e. The minimum atomic E-state index is -0.424. The Morgan fingerprint density at radius 3 is 2.61 bits per heavy atom. The highest BCUT2D eigenvalue weighted by molar-refractivity contribution is 5.92. The number of carbonyl (C=O) groups excluding carboxylic acids is 3. The van der Waals surface area contributed by atoms with Crippen LogP contribution in [0.25, 0.3) is 0 Å². The third-order valence-corrected chi connectivity index (χ3v) is 5.69. The average molecular weight is 322 g/mol. The number of piperidine rings is 1. The summed E-state index contributed by atoms with van der Waals surface area (Å²) in [4.78, 5) is 42.1. The Balaban J connectivity index is 1.47. The van der Waals surface area contributed by atoms with Crippen molar-refractivity contribution in [1.82, 2.24) is 20.0 Å². The minimum absolute atomic E-state index is 0.0676. The highest BCUT2D eigenvalue weighted by Gasteiger charge is 2.45. The van der Waals surface area contributed by atoms with Gasteiger partial charge in [-0.3, -0.25) is 9.59 Å². The van der Waals surface area contributed by atoms with Gasteiger partial charge in [-0.1, -0.05) is 0 Å². The summed E-state index contributed by atoms with van der Waals surface area (Å²) in [5.41, 5.74) is 0. The fourth-order valence-corrected chi connectivity index (χ4v) is 3.82. The molecule has 3 rings (SSSR count). The molecule has 0 aromatic heterocycles. The van der Waals surface area contributed by atoms with Gasteiger partial charge >= 0.3 is 6.03 Å². The van der Waals surface area contributed by atoms with Crippen molar-refractivity contribution >= 4 is 17.7 Å². The standard InChI is InChI=1S/C16H26N4O3/c1-18(2)12-6-10(7-12)14(21)8-17-15(22)13-5-4-11-9-20(13)16(23)19(11)3/h10-13H,4-9H2,1-3H3,(H,17,22)/t10?,11-,12?,13+/m1/s1. The molecule has 3 fully saturated rings. The molecule has 3 aliphatic rings. The number of rotatable bonds is 5. The van der Waals surface area contributed by atoms with Crippen molar-refractivity contribution in [2.45, 2.75) is 43.8 Å². The van der Waals surface area contributed by atoms with Crippen molar-refractivity contribution < 1.29 is 14.4 Å². The first-order valence-electron chi connectivity index (χ1n) is 8.38. The summed E-state index contributed by atoms with van der Waals surface area (Å²) in [5.74, 6) is -0.0167. The lowest BCUT2D eigenvalue weighted by Gasteiger charge is -2.38. The van der Waals surface area contributed by atoms with Crippen molar-refractivity contribution in [3.8, 4) is 0 Å². The van der Waals surface area contributed by atoms with E-state index in [0.717, 1.165) is 19.3 Å². The second kappa shape index (κ2) is 6.11. The molecule has 0 aromatic rings. The van der Waals surface area contributed by atoms with Gasteiger partial charge in [0, 0.05) is 25.6 Å². The summed E-state index contributed by atoms with van der Waals surface area (Å²) in [6.45, 7) is 0.704. The Morgan fingerprint density at radius 2 is 1.96 bits per heavy atom. The molecule has 1 N–H and O–H groups in total. The first kappa shape index (κ1) is 16.2. The number of fused-ring (bicyclic) bond motifs is 2.